The molecule has 0 aliphatic rings. The molecule has 21 heavy (non-hydrogen) atoms. The maximum absolute atomic E-state index is 13.2. The highest BCUT2D eigenvalue weighted by Gasteiger charge is 2.13. The summed E-state index contributed by atoms with van der Waals surface area (Å²) in [5.74, 6) is -0.807. The number of benzene rings is 2. The van der Waals surface area contributed by atoms with Gasteiger partial charge in [0.05, 0.1) is 5.56 Å². The fourth-order valence-corrected chi connectivity index (χ4v) is 2.13. The van der Waals surface area contributed by atoms with E-state index in [0.717, 1.165) is 18.9 Å². The Kier molecular flexibility index (Phi) is 4.93. The van der Waals surface area contributed by atoms with Gasteiger partial charge in [-0.2, -0.15) is 0 Å². The first-order valence-corrected chi connectivity index (χ1v) is 6.96. The zero-order valence-corrected chi connectivity index (χ0v) is 12.0. The largest absolute Gasteiger partial charge is 0.398 e. The number of hydrogen-bond donors (Lipinski definition) is 2. The molecule has 2 aromatic rings. The van der Waals surface area contributed by atoms with Crippen LogP contribution < -0.4 is 11.1 Å². The minimum atomic E-state index is -0.466. The third kappa shape index (κ3) is 4.31. The van der Waals surface area contributed by atoms with Gasteiger partial charge < -0.3 is 11.1 Å². The van der Waals surface area contributed by atoms with Crippen molar-refractivity contribution in [3.05, 3.63) is 65.5 Å². The van der Waals surface area contributed by atoms with Crippen LogP contribution in [0, 0.1) is 5.82 Å². The Morgan fingerprint density at radius 2 is 1.95 bits per heavy atom. The monoisotopic (exact) mass is 286 g/mol. The van der Waals surface area contributed by atoms with Crippen molar-refractivity contribution < 1.29 is 9.18 Å². The first-order valence-electron chi connectivity index (χ1n) is 6.96. The second-order valence-electron chi connectivity index (χ2n) is 5.13. The van der Waals surface area contributed by atoms with Gasteiger partial charge in [-0.15, -0.1) is 0 Å². The number of halogens is 1. The predicted molar refractivity (Wildman–Crippen MR) is 82.5 cm³/mol. The standard InChI is InChI=1S/C17H19FN2O/c1-12(7-8-13-5-3-2-4-6-13)20-17(21)15-11-14(18)9-10-16(15)19/h2-6,9-12H,7-8,19H2,1H3,(H,20,21). The molecule has 2 aromatic carbocycles. The van der Waals surface area contributed by atoms with E-state index in [1.807, 2.05) is 25.1 Å². The quantitative estimate of drug-likeness (QED) is 0.830. The summed E-state index contributed by atoms with van der Waals surface area (Å²) in [7, 11) is 0. The van der Waals surface area contributed by atoms with Crippen molar-refractivity contribution in [2.24, 2.45) is 0 Å². The predicted octanol–water partition coefficient (Wildman–Crippen LogP) is 3.16. The number of nitrogens with one attached hydrogen (secondary N) is 1. The lowest BCUT2D eigenvalue weighted by molar-refractivity contribution is 0.0939. The number of rotatable bonds is 5. The van der Waals surface area contributed by atoms with Gasteiger partial charge in [-0.05, 0) is 43.5 Å². The molecule has 0 saturated carbocycles. The summed E-state index contributed by atoms with van der Waals surface area (Å²) in [6.45, 7) is 1.93. The van der Waals surface area contributed by atoms with Gasteiger partial charge >= 0.3 is 0 Å². The second-order valence-corrected chi connectivity index (χ2v) is 5.13. The molecule has 2 rings (SSSR count). The van der Waals surface area contributed by atoms with E-state index >= 15 is 0 Å². The first-order chi connectivity index (χ1) is 10.1. The highest BCUT2D eigenvalue weighted by atomic mass is 19.1. The fourth-order valence-electron chi connectivity index (χ4n) is 2.13. The highest BCUT2D eigenvalue weighted by Crippen LogP contribution is 2.14. The van der Waals surface area contributed by atoms with Gasteiger partial charge in [0.25, 0.3) is 5.91 Å². The number of anilines is 1. The molecular formula is C17H19FN2O. The van der Waals surface area contributed by atoms with E-state index in [2.05, 4.69) is 17.4 Å². The number of nitrogen functional groups attached to an aromatic ring is 1. The van der Waals surface area contributed by atoms with Crippen molar-refractivity contribution in [3.63, 3.8) is 0 Å². The van der Waals surface area contributed by atoms with Gasteiger partial charge in [-0.3, -0.25) is 4.79 Å². The smallest absolute Gasteiger partial charge is 0.253 e. The molecule has 4 heteroatoms. The Morgan fingerprint density at radius 1 is 1.24 bits per heavy atom. The van der Waals surface area contributed by atoms with Crippen molar-refractivity contribution in [2.45, 2.75) is 25.8 Å². The van der Waals surface area contributed by atoms with Gasteiger partial charge in [-0.25, -0.2) is 4.39 Å². The van der Waals surface area contributed by atoms with Crippen LogP contribution >= 0.6 is 0 Å². The van der Waals surface area contributed by atoms with Crippen LogP contribution in [-0.2, 0) is 6.42 Å². The van der Waals surface area contributed by atoms with Crippen molar-refractivity contribution in [1.29, 1.82) is 0 Å². The van der Waals surface area contributed by atoms with Crippen LogP contribution in [0.3, 0.4) is 0 Å². The number of amides is 1. The number of hydrogen-bond acceptors (Lipinski definition) is 2. The van der Waals surface area contributed by atoms with E-state index in [9.17, 15) is 9.18 Å². The molecule has 3 nitrogen and oxygen atoms in total. The molecule has 110 valence electrons. The Bertz CT molecular complexity index is 613. The lowest BCUT2D eigenvalue weighted by Crippen LogP contribution is -2.33. The van der Waals surface area contributed by atoms with Crippen LogP contribution in [0.1, 0.15) is 29.3 Å². The number of carbonyl (C=O) groups is 1. The van der Waals surface area contributed by atoms with Crippen LogP contribution in [0.15, 0.2) is 48.5 Å². The molecule has 0 aromatic heterocycles. The van der Waals surface area contributed by atoms with E-state index in [-0.39, 0.29) is 23.2 Å². The molecule has 0 radical (unpaired) electrons. The van der Waals surface area contributed by atoms with Crippen LogP contribution in [0.4, 0.5) is 10.1 Å². The molecule has 1 amide bonds. The zero-order valence-electron chi connectivity index (χ0n) is 12.0. The Labute approximate surface area is 124 Å². The van der Waals surface area contributed by atoms with Crippen molar-refractivity contribution in [1.82, 2.24) is 5.32 Å². The summed E-state index contributed by atoms with van der Waals surface area (Å²) in [5, 5.41) is 2.85. The highest BCUT2D eigenvalue weighted by molar-refractivity contribution is 5.99. The van der Waals surface area contributed by atoms with Gasteiger partial charge in [0, 0.05) is 11.7 Å². The van der Waals surface area contributed by atoms with E-state index in [0.29, 0.717) is 0 Å². The van der Waals surface area contributed by atoms with E-state index in [1.165, 1.54) is 17.7 Å². The van der Waals surface area contributed by atoms with Gasteiger partial charge in [0.2, 0.25) is 0 Å². The van der Waals surface area contributed by atoms with Crippen LogP contribution in [0.2, 0.25) is 0 Å². The van der Waals surface area contributed by atoms with Gasteiger partial charge in [0.1, 0.15) is 5.82 Å². The molecule has 1 unspecified atom stereocenters. The van der Waals surface area contributed by atoms with Crippen molar-refractivity contribution in [2.75, 3.05) is 5.73 Å². The van der Waals surface area contributed by atoms with Crippen LogP contribution in [0.25, 0.3) is 0 Å². The topological polar surface area (TPSA) is 55.1 Å². The third-order valence-corrected chi connectivity index (χ3v) is 3.35. The van der Waals surface area contributed by atoms with Gasteiger partial charge in [-0.1, -0.05) is 30.3 Å². The van der Waals surface area contributed by atoms with Crippen molar-refractivity contribution in [3.8, 4) is 0 Å². The molecule has 0 saturated heterocycles. The van der Waals surface area contributed by atoms with Crippen LogP contribution in [-0.4, -0.2) is 11.9 Å². The molecule has 0 spiro atoms. The molecular weight excluding hydrogens is 267 g/mol. The average molecular weight is 286 g/mol. The number of nitrogens with two attached hydrogens (primary N) is 1. The van der Waals surface area contributed by atoms with E-state index < -0.39 is 5.82 Å². The second kappa shape index (κ2) is 6.88. The van der Waals surface area contributed by atoms with E-state index in [1.54, 1.807) is 0 Å². The molecule has 0 bridgehead atoms. The maximum atomic E-state index is 13.2. The van der Waals surface area contributed by atoms with Gasteiger partial charge in [0.15, 0.2) is 0 Å². The molecule has 3 N–H and O–H groups in total. The zero-order chi connectivity index (χ0) is 15.2. The Morgan fingerprint density at radius 3 is 2.67 bits per heavy atom. The summed E-state index contributed by atoms with van der Waals surface area (Å²) in [6.07, 6.45) is 1.69. The summed E-state index contributed by atoms with van der Waals surface area (Å²) >= 11 is 0. The summed E-state index contributed by atoms with van der Waals surface area (Å²) in [5.41, 5.74) is 7.39. The summed E-state index contributed by atoms with van der Waals surface area (Å²) in [4.78, 5) is 12.1. The molecule has 0 heterocycles. The lowest BCUT2D eigenvalue weighted by Gasteiger charge is -2.15. The number of aryl methyl sites for hydroxylation is 1. The maximum Gasteiger partial charge on any atom is 0.253 e. The normalized spacial score (nSPS) is 11.9. The first kappa shape index (κ1) is 15.0. The average Bonchev–Trinajstić information content (AvgIpc) is 2.48. The van der Waals surface area contributed by atoms with E-state index in [4.69, 9.17) is 5.73 Å². The Balaban J connectivity index is 1.91. The third-order valence-electron chi connectivity index (χ3n) is 3.35. The molecule has 0 fully saturated rings. The number of carbonyl (C=O) groups excluding carboxylic acids is 1. The molecule has 0 aliphatic heterocycles. The minimum absolute atomic E-state index is 0.0135. The molecule has 0 aliphatic carbocycles. The van der Waals surface area contributed by atoms with Crippen LogP contribution in [0.5, 0.6) is 0 Å². The minimum Gasteiger partial charge on any atom is -0.398 e. The summed E-state index contributed by atoms with van der Waals surface area (Å²) < 4.78 is 13.2. The Hall–Kier alpha value is -2.36. The van der Waals surface area contributed by atoms with Crippen molar-refractivity contribution >= 4 is 11.6 Å². The molecule has 1 atom stereocenters. The summed E-state index contributed by atoms with van der Waals surface area (Å²) in [6, 6.07) is 13.9. The fraction of sp³-hybridized carbons (Fsp3) is 0.235. The SMILES string of the molecule is CC(CCc1ccccc1)NC(=O)c1cc(F)ccc1N. The lowest BCUT2D eigenvalue weighted by atomic mass is 10.1.